The molecule has 142 valence electrons. The van der Waals surface area contributed by atoms with Crippen molar-refractivity contribution >= 4 is 34.4 Å². The van der Waals surface area contributed by atoms with E-state index in [2.05, 4.69) is 5.32 Å². The normalized spacial score (nSPS) is 13.4. The second-order valence-corrected chi connectivity index (χ2v) is 7.34. The van der Waals surface area contributed by atoms with Crippen molar-refractivity contribution in [1.29, 1.82) is 0 Å². The fourth-order valence-electron chi connectivity index (χ4n) is 3.19. The summed E-state index contributed by atoms with van der Waals surface area (Å²) in [7, 11) is 0. The minimum Gasteiger partial charge on any atom is -0.452 e. The van der Waals surface area contributed by atoms with Crippen LogP contribution in [0.15, 0.2) is 48.5 Å². The summed E-state index contributed by atoms with van der Waals surface area (Å²) in [6.07, 6.45) is 1.97. The van der Waals surface area contributed by atoms with Gasteiger partial charge in [-0.3, -0.25) is 4.79 Å². The summed E-state index contributed by atoms with van der Waals surface area (Å²) < 4.78 is 5.32. The molecule has 1 aliphatic carbocycles. The number of nitrogens with one attached hydrogen (secondary N) is 1. The van der Waals surface area contributed by atoms with E-state index in [4.69, 9.17) is 21.3 Å². The smallest absolute Gasteiger partial charge is 0.339 e. The van der Waals surface area contributed by atoms with Gasteiger partial charge >= 0.3 is 5.97 Å². The molecule has 1 amide bonds. The van der Waals surface area contributed by atoms with Gasteiger partial charge in [-0.05, 0) is 43.5 Å². The number of esters is 1. The molecule has 0 atom stereocenters. The summed E-state index contributed by atoms with van der Waals surface area (Å²) in [6.45, 7) is 1.54. The first-order valence-electron chi connectivity index (χ1n) is 9.14. The van der Waals surface area contributed by atoms with Crippen LogP contribution in [-0.4, -0.2) is 29.5 Å². The second kappa shape index (κ2) is 7.60. The summed E-state index contributed by atoms with van der Waals surface area (Å²) in [6, 6.07) is 15.0. The lowest BCUT2D eigenvalue weighted by molar-refractivity contribution is -0.124. The number of hydrogen-bond donors (Lipinski definition) is 1. The Morgan fingerprint density at radius 2 is 1.96 bits per heavy atom. The van der Waals surface area contributed by atoms with E-state index >= 15 is 0 Å². The predicted octanol–water partition coefficient (Wildman–Crippen LogP) is 4.30. The Balaban J connectivity index is 1.72. The maximum Gasteiger partial charge on any atom is 0.339 e. The van der Waals surface area contributed by atoms with Gasteiger partial charge < -0.3 is 10.1 Å². The van der Waals surface area contributed by atoms with Gasteiger partial charge in [-0.25, -0.2) is 9.78 Å². The first kappa shape index (κ1) is 18.4. The average molecular weight is 395 g/mol. The molecule has 0 aliphatic heterocycles. The summed E-state index contributed by atoms with van der Waals surface area (Å²) >= 11 is 6.13. The number of carbonyl (C=O) groups is 2. The SMILES string of the molecule is Cc1c(-c2cccc(Cl)c2)nc2ccccc2c1C(=O)OCC(=O)NC1CC1. The number of nitrogens with zero attached hydrogens (tertiary/aromatic N) is 1. The molecule has 28 heavy (non-hydrogen) atoms. The van der Waals surface area contributed by atoms with Crippen LogP contribution >= 0.6 is 11.6 Å². The van der Waals surface area contributed by atoms with Gasteiger partial charge in [0.25, 0.3) is 5.91 Å². The Morgan fingerprint density at radius 1 is 1.18 bits per heavy atom. The zero-order chi connectivity index (χ0) is 19.7. The number of carbonyl (C=O) groups excluding carboxylic acids is 2. The van der Waals surface area contributed by atoms with E-state index in [9.17, 15) is 9.59 Å². The van der Waals surface area contributed by atoms with Gasteiger partial charge in [0.1, 0.15) is 0 Å². The highest BCUT2D eigenvalue weighted by Gasteiger charge is 2.25. The third-order valence-corrected chi connectivity index (χ3v) is 4.95. The van der Waals surface area contributed by atoms with Gasteiger partial charge in [-0.15, -0.1) is 0 Å². The lowest BCUT2D eigenvalue weighted by Gasteiger charge is -2.14. The molecule has 5 nitrogen and oxygen atoms in total. The van der Waals surface area contributed by atoms with Crippen LogP contribution in [0.2, 0.25) is 5.02 Å². The standard InChI is InChI=1S/C22H19ClN2O3/c1-13-20(22(27)28-12-19(26)24-16-9-10-16)17-7-2-3-8-18(17)25-21(13)14-5-4-6-15(23)11-14/h2-8,11,16H,9-10,12H2,1H3,(H,24,26). The van der Waals surface area contributed by atoms with Crippen LogP contribution in [0.5, 0.6) is 0 Å². The van der Waals surface area contributed by atoms with E-state index in [1.54, 1.807) is 6.07 Å². The maximum absolute atomic E-state index is 12.9. The molecule has 0 saturated heterocycles. The van der Waals surface area contributed by atoms with Crippen LogP contribution in [0.3, 0.4) is 0 Å². The lowest BCUT2D eigenvalue weighted by atomic mass is 9.98. The van der Waals surface area contributed by atoms with Crippen molar-refractivity contribution < 1.29 is 14.3 Å². The molecule has 0 unspecified atom stereocenters. The Morgan fingerprint density at radius 3 is 2.71 bits per heavy atom. The summed E-state index contributed by atoms with van der Waals surface area (Å²) in [5.74, 6) is -0.813. The largest absolute Gasteiger partial charge is 0.452 e. The molecule has 1 fully saturated rings. The van der Waals surface area contributed by atoms with Crippen molar-refractivity contribution in [3.63, 3.8) is 0 Å². The Hall–Kier alpha value is -2.92. The van der Waals surface area contributed by atoms with Gasteiger partial charge in [0.05, 0.1) is 16.8 Å². The van der Waals surface area contributed by atoms with Crippen LogP contribution in [0, 0.1) is 6.92 Å². The van der Waals surface area contributed by atoms with Crippen LogP contribution in [-0.2, 0) is 9.53 Å². The molecule has 1 aromatic heterocycles. The van der Waals surface area contributed by atoms with Crippen LogP contribution in [0.1, 0.15) is 28.8 Å². The van der Waals surface area contributed by atoms with Crippen LogP contribution < -0.4 is 5.32 Å². The van der Waals surface area contributed by atoms with E-state index < -0.39 is 5.97 Å². The zero-order valence-electron chi connectivity index (χ0n) is 15.4. The predicted molar refractivity (Wildman–Crippen MR) is 108 cm³/mol. The minimum atomic E-state index is -0.537. The van der Waals surface area contributed by atoms with Gasteiger partial charge in [0.15, 0.2) is 6.61 Å². The number of ether oxygens (including phenoxy) is 1. The topological polar surface area (TPSA) is 68.3 Å². The van der Waals surface area contributed by atoms with E-state index in [-0.39, 0.29) is 18.6 Å². The molecule has 0 radical (unpaired) electrons. The number of hydrogen-bond acceptors (Lipinski definition) is 4. The van der Waals surface area contributed by atoms with Crippen molar-refractivity contribution in [1.82, 2.24) is 10.3 Å². The molecular weight excluding hydrogens is 376 g/mol. The number of para-hydroxylation sites is 1. The summed E-state index contributed by atoms with van der Waals surface area (Å²) in [5.41, 5.74) is 3.26. The quantitative estimate of drug-likeness (QED) is 0.655. The van der Waals surface area contributed by atoms with Crippen molar-refractivity contribution in [2.45, 2.75) is 25.8 Å². The van der Waals surface area contributed by atoms with E-state index in [1.807, 2.05) is 49.4 Å². The molecular formula is C22H19ClN2O3. The molecule has 0 spiro atoms. The number of halogens is 1. The third kappa shape index (κ3) is 3.85. The highest BCUT2D eigenvalue weighted by Crippen LogP contribution is 2.31. The fraction of sp³-hybridized carbons (Fsp3) is 0.227. The van der Waals surface area contributed by atoms with Crippen LogP contribution in [0.25, 0.3) is 22.2 Å². The first-order valence-corrected chi connectivity index (χ1v) is 9.52. The maximum atomic E-state index is 12.9. The average Bonchev–Trinajstić information content (AvgIpc) is 3.49. The highest BCUT2D eigenvalue weighted by atomic mass is 35.5. The molecule has 1 N–H and O–H groups in total. The van der Waals surface area contributed by atoms with E-state index in [0.29, 0.717) is 32.7 Å². The monoisotopic (exact) mass is 394 g/mol. The third-order valence-electron chi connectivity index (χ3n) is 4.71. The van der Waals surface area contributed by atoms with Crippen LogP contribution in [0.4, 0.5) is 0 Å². The molecule has 2 aromatic carbocycles. The number of fused-ring (bicyclic) bond motifs is 1. The fourth-order valence-corrected chi connectivity index (χ4v) is 3.38. The van der Waals surface area contributed by atoms with Crippen molar-refractivity contribution in [2.75, 3.05) is 6.61 Å². The zero-order valence-corrected chi connectivity index (χ0v) is 16.1. The van der Waals surface area contributed by atoms with Gasteiger partial charge in [0.2, 0.25) is 0 Å². The number of rotatable bonds is 5. The first-order chi connectivity index (χ1) is 13.5. The number of amides is 1. The summed E-state index contributed by atoms with van der Waals surface area (Å²) in [5, 5.41) is 4.10. The molecule has 6 heteroatoms. The van der Waals surface area contributed by atoms with Crippen molar-refractivity contribution in [2.24, 2.45) is 0 Å². The number of pyridine rings is 1. The Kier molecular flexibility index (Phi) is 5.01. The summed E-state index contributed by atoms with van der Waals surface area (Å²) in [4.78, 5) is 29.5. The molecule has 3 aromatic rings. The van der Waals surface area contributed by atoms with Gasteiger partial charge in [-0.2, -0.15) is 0 Å². The molecule has 1 aliphatic rings. The second-order valence-electron chi connectivity index (χ2n) is 6.91. The Bertz CT molecular complexity index is 1080. The van der Waals surface area contributed by atoms with E-state index in [0.717, 1.165) is 18.4 Å². The number of aromatic nitrogens is 1. The Labute approximate surface area is 167 Å². The van der Waals surface area contributed by atoms with Gasteiger partial charge in [0, 0.05) is 22.0 Å². The highest BCUT2D eigenvalue weighted by molar-refractivity contribution is 6.30. The number of benzene rings is 2. The minimum absolute atomic E-state index is 0.226. The molecule has 0 bridgehead atoms. The molecule has 4 rings (SSSR count). The van der Waals surface area contributed by atoms with E-state index in [1.165, 1.54) is 0 Å². The van der Waals surface area contributed by atoms with Gasteiger partial charge in [-0.1, -0.05) is 41.9 Å². The molecule has 1 saturated carbocycles. The lowest BCUT2D eigenvalue weighted by Crippen LogP contribution is -2.30. The molecule has 1 heterocycles. The van der Waals surface area contributed by atoms with Crippen molar-refractivity contribution in [3.05, 3.63) is 64.7 Å². The van der Waals surface area contributed by atoms with Crippen molar-refractivity contribution in [3.8, 4) is 11.3 Å².